The van der Waals surface area contributed by atoms with Crippen molar-refractivity contribution in [2.75, 3.05) is 19.1 Å². The average Bonchev–Trinajstić information content (AvgIpc) is 2.72. The second kappa shape index (κ2) is 9.64. The molecule has 0 radical (unpaired) electrons. The number of nitrogens with zero attached hydrogens (tertiary/aromatic N) is 1. The summed E-state index contributed by atoms with van der Waals surface area (Å²) in [4.78, 5) is 2.04. The van der Waals surface area contributed by atoms with Gasteiger partial charge in [0.25, 0.3) is 0 Å². The van der Waals surface area contributed by atoms with Crippen LogP contribution in [0.2, 0.25) is 0 Å². The van der Waals surface area contributed by atoms with Crippen LogP contribution in [-0.2, 0) is 19.3 Å². The Balaban J connectivity index is 1.97. The minimum absolute atomic E-state index is 0.0319. The molecular formula is C24H23BrF3NO2. The first-order valence-electron chi connectivity index (χ1n) is 9.59. The van der Waals surface area contributed by atoms with E-state index in [0.29, 0.717) is 18.8 Å². The Morgan fingerprint density at radius 3 is 1.61 bits per heavy atom. The molecule has 3 aromatic rings. The fraction of sp³-hybridized carbons (Fsp3) is 0.250. The van der Waals surface area contributed by atoms with Gasteiger partial charge < -0.3 is 14.4 Å². The number of benzene rings is 3. The minimum Gasteiger partial charge on any atom is -0.497 e. The zero-order chi connectivity index (χ0) is 22.6. The summed E-state index contributed by atoms with van der Waals surface area (Å²) in [6.45, 7) is 2.52. The zero-order valence-corrected chi connectivity index (χ0v) is 19.0. The van der Waals surface area contributed by atoms with Crippen LogP contribution in [0.5, 0.6) is 11.5 Å². The van der Waals surface area contributed by atoms with Gasteiger partial charge in [-0.05, 0) is 60.0 Å². The number of hydrogen-bond donors (Lipinski definition) is 0. The summed E-state index contributed by atoms with van der Waals surface area (Å²) in [6, 6.07) is 18.4. The van der Waals surface area contributed by atoms with Crippen molar-refractivity contribution >= 4 is 21.6 Å². The molecule has 7 heteroatoms. The van der Waals surface area contributed by atoms with Gasteiger partial charge in [0, 0.05) is 23.2 Å². The Morgan fingerprint density at radius 1 is 0.806 bits per heavy atom. The summed E-state index contributed by atoms with van der Waals surface area (Å²) in [5.41, 5.74) is 2.26. The first-order chi connectivity index (χ1) is 14.7. The lowest BCUT2D eigenvalue weighted by Crippen LogP contribution is -2.23. The highest BCUT2D eigenvalue weighted by atomic mass is 79.9. The standard InChI is InChI=1S/C24H23BrF3NO2/c1-16-12-19(13-22(25)23(16)24(26,27)28)29(14-17-4-8-20(30-2)9-5-17)15-18-6-10-21(31-3)11-7-18/h4-13H,14-15H2,1-3H3. The van der Waals surface area contributed by atoms with Crippen molar-refractivity contribution in [2.24, 2.45) is 0 Å². The van der Waals surface area contributed by atoms with Crippen LogP contribution in [0.25, 0.3) is 0 Å². The fourth-order valence-electron chi connectivity index (χ4n) is 3.41. The highest BCUT2D eigenvalue weighted by Gasteiger charge is 2.35. The summed E-state index contributed by atoms with van der Waals surface area (Å²) in [6.07, 6.45) is -4.42. The van der Waals surface area contributed by atoms with E-state index in [9.17, 15) is 13.2 Å². The summed E-state index contributed by atoms with van der Waals surface area (Å²) < 4.78 is 50.7. The number of anilines is 1. The first-order valence-corrected chi connectivity index (χ1v) is 10.4. The lowest BCUT2D eigenvalue weighted by molar-refractivity contribution is -0.138. The average molecular weight is 494 g/mol. The van der Waals surface area contributed by atoms with E-state index in [0.717, 1.165) is 22.6 Å². The molecule has 3 aromatic carbocycles. The molecule has 0 atom stereocenters. The highest BCUT2D eigenvalue weighted by Crippen LogP contribution is 2.40. The second-order valence-corrected chi connectivity index (χ2v) is 8.02. The van der Waals surface area contributed by atoms with Gasteiger partial charge in [0.05, 0.1) is 19.8 Å². The number of rotatable bonds is 7. The van der Waals surface area contributed by atoms with Crippen LogP contribution in [0.1, 0.15) is 22.3 Å². The van der Waals surface area contributed by atoms with Crippen LogP contribution in [0, 0.1) is 6.92 Å². The van der Waals surface area contributed by atoms with Gasteiger partial charge in [-0.1, -0.05) is 40.2 Å². The molecule has 0 amide bonds. The van der Waals surface area contributed by atoms with Crippen molar-refractivity contribution in [3.8, 4) is 11.5 Å². The smallest absolute Gasteiger partial charge is 0.417 e. The SMILES string of the molecule is COc1ccc(CN(Cc2ccc(OC)cc2)c2cc(C)c(C(F)(F)F)c(Br)c2)cc1. The van der Waals surface area contributed by atoms with E-state index >= 15 is 0 Å². The van der Waals surface area contributed by atoms with Crippen LogP contribution < -0.4 is 14.4 Å². The van der Waals surface area contributed by atoms with E-state index in [4.69, 9.17) is 9.47 Å². The summed E-state index contributed by atoms with van der Waals surface area (Å²) in [5.74, 6) is 1.50. The number of halogens is 4. The number of hydrogen-bond acceptors (Lipinski definition) is 3. The van der Waals surface area contributed by atoms with Gasteiger partial charge in [0.1, 0.15) is 11.5 Å². The van der Waals surface area contributed by atoms with Crippen molar-refractivity contribution in [3.05, 3.63) is 87.4 Å². The van der Waals surface area contributed by atoms with E-state index in [-0.39, 0.29) is 10.0 Å². The molecular weight excluding hydrogens is 471 g/mol. The van der Waals surface area contributed by atoms with Gasteiger partial charge in [-0.15, -0.1) is 0 Å². The van der Waals surface area contributed by atoms with Gasteiger partial charge in [-0.3, -0.25) is 0 Å². The highest BCUT2D eigenvalue weighted by molar-refractivity contribution is 9.10. The van der Waals surface area contributed by atoms with Crippen molar-refractivity contribution in [1.82, 2.24) is 0 Å². The van der Waals surface area contributed by atoms with E-state index in [1.165, 1.54) is 13.0 Å². The number of alkyl halides is 3. The molecule has 0 aromatic heterocycles. The molecule has 0 saturated carbocycles. The Hall–Kier alpha value is -2.67. The van der Waals surface area contributed by atoms with Gasteiger partial charge >= 0.3 is 6.18 Å². The third-order valence-corrected chi connectivity index (χ3v) is 5.61. The minimum atomic E-state index is -4.42. The molecule has 0 aliphatic rings. The molecule has 164 valence electrons. The Morgan fingerprint density at radius 2 is 1.26 bits per heavy atom. The molecule has 0 saturated heterocycles. The normalized spacial score (nSPS) is 11.3. The maximum Gasteiger partial charge on any atom is 0.417 e. The van der Waals surface area contributed by atoms with Crippen LogP contribution >= 0.6 is 15.9 Å². The maximum absolute atomic E-state index is 13.4. The summed E-state index contributed by atoms with van der Waals surface area (Å²) in [7, 11) is 3.21. The van der Waals surface area contributed by atoms with Crippen LogP contribution in [0.15, 0.2) is 65.1 Å². The molecule has 0 aliphatic heterocycles. The molecule has 0 N–H and O–H groups in total. The van der Waals surface area contributed by atoms with Crippen LogP contribution in [-0.4, -0.2) is 14.2 Å². The van der Waals surface area contributed by atoms with Gasteiger partial charge in [-0.25, -0.2) is 0 Å². The predicted molar refractivity (Wildman–Crippen MR) is 120 cm³/mol. The van der Waals surface area contributed by atoms with E-state index in [1.807, 2.05) is 53.4 Å². The largest absolute Gasteiger partial charge is 0.497 e. The number of aryl methyl sites for hydroxylation is 1. The second-order valence-electron chi connectivity index (χ2n) is 7.17. The quantitative estimate of drug-likeness (QED) is 0.353. The van der Waals surface area contributed by atoms with Crippen molar-refractivity contribution in [3.63, 3.8) is 0 Å². The lowest BCUT2D eigenvalue weighted by atomic mass is 10.1. The van der Waals surface area contributed by atoms with Gasteiger partial charge in [0.15, 0.2) is 0 Å². The predicted octanol–water partition coefficient (Wildman–Crippen LogP) is 7.00. The van der Waals surface area contributed by atoms with E-state index in [2.05, 4.69) is 15.9 Å². The number of methoxy groups -OCH3 is 2. The Labute approximate surface area is 188 Å². The maximum atomic E-state index is 13.4. The molecule has 0 heterocycles. The molecule has 0 spiro atoms. The summed E-state index contributed by atoms with van der Waals surface area (Å²) in [5, 5.41) is 0. The molecule has 31 heavy (non-hydrogen) atoms. The molecule has 3 nitrogen and oxygen atoms in total. The Kier molecular flexibility index (Phi) is 7.15. The monoisotopic (exact) mass is 493 g/mol. The molecule has 0 fully saturated rings. The fourth-order valence-corrected chi connectivity index (χ4v) is 4.18. The molecule has 3 rings (SSSR count). The third kappa shape index (κ3) is 5.73. The lowest BCUT2D eigenvalue weighted by Gasteiger charge is -2.27. The van der Waals surface area contributed by atoms with Crippen molar-refractivity contribution < 1.29 is 22.6 Å². The molecule has 0 aliphatic carbocycles. The molecule has 0 bridgehead atoms. The Bertz CT molecular complexity index is 946. The number of ether oxygens (including phenoxy) is 2. The van der Waals surface area contributed by atoms with Crippen molar-refractivity contribution in [1.29, 1.82) is 0 Å². The summed E-state index contributed by atoms with van der Waals surface area (Å²) >= 11 is 3.13. The van der Waals surface area contributed by atoms with E-state index < -0.39 is 11.7 Å². The van der Waals surface area contributed by atoms with Gasteiger partial charge in [0.2, 0.25) is 0 Å². The van der Waals surface area contributed by atoms with Crippen LogP contribution in [0.4, 0.5) is 18.9 Å². The molecule has 0 unspecified atom stereocenters. The van der Waals surface area contributed by atoms with Crippen molar-refractivity contribution in [2.45, 2.75) is 26.2 Å². The zero-order valence-electron chi connectivity index (χ0n) is 17.5. The van der Waals surface area contributed by atoms with Gasteiger partial charge in [-0.2, -0.15) is 13.2 Å². The van der Waals surface area contributed by atoms with Crippen LogP contribution in [0.3, 0.4) is 0 Å². The topological polar surface area (TPSA) is 21.7 Å². The first kappa shape index (κ1) is 23.0. The van der Waals surface area contributed by atoms with E-state index in [1.54, 1.807) is 20.3 Å². The third-order valence-electron chi connectivity index (χ3n) is 4.99.